The maximum atomic E-state index is 12.3. The number of amides is 3. The molecule has 7 nitrogen and oxygen atoms in total. The molecule has 1 aromatic carbocycles. The van der Waals surface area contributed by atoms with E-state index in [2.05, 4.69) is 10.6 Å². The van der Waals surface area contributed by atoms with Crippen molar-refractivity contribution in [2.45, 2.75) is 32.7 Å². The highest BCUT2D eigenvalue weighted by molar-refractivity contribution is 5.93. The summed E-state index contributed by atoms with van der Waals surface area (Å²) < 4.78 is 0. The molecular weight excluding hydrogens is 368 g/mol. The summed E-state index contributed by atoms with van der Waals surface area (Å²) in [5.41, 5.74) is 6.54. The van der Waals surface area contributed by atoms with Gasteiger partial charge in [-0.1, -0.05) is 32.0 Å². The van der Waals surface area contributed by atoms with Crippen LogP contribution in [0, 0.1) is 11.8 Å². The molecule has 27 heavy (non-hydrogen) atoms. The minimum atomic E-state index is -0.616. The second kappa shape index (κ2) is 10.9. The van der Waals surface area contributed by atoms with Gasteiger partial charge >= 0.3 is 0 Å². The van der Waals surface area contributed by atoms with Crippen molar-refractivity contribution in [2.24, 2.45) is 17.6 Å². The first-order chi connectivity index (χ1) is 12.4. The van der Waals surface area contributed by atoms with E-state index in [1.807, 2.05) is 44.2 Å². The first-order valence-corrected chi connectivity index (χ1v) is 9.05. The van der Waals surface area contributed by atoms with Crippen molar-refractivity contribution >= 4 is 35.8 Å². The largest absolute Gasteiger partial charge is 0.346 e. The van der Waals surface area contributed by atoms with E-state index in [4.69, 9.17) is 5.73 Å². The topological polar surface area (TPSA) is 105 Å². The van der Waals surface area contributed by atoms with E-state index in [1.54, 1.807) is 4.90 Å². The van der Waals surface area contributed by atoms with Gasteiger partial charge in [-0.05, 0) is 30.9 Å². The monoisotopic (exact) mass is 396 g/mol. The fourth-order valence-electron chi connectivity index (χ4n) is 2.85. The molecule has 1 aliphatic heterocycles. The summed E-state index contributed by atoms with van der Waals surface area (Å²) in [7, 11) is 0. The summed E-state index contributed by atoms with van der Waals surface area (Å²) in [6.45, 7) is 4.68. The molecule has 0 radical (unpaired) electrons. The molecule has 1 fully saturated rings. The Morgan fingerprint density at radius 1 is 1.15 bits per heavy atom. The Morgan fingerprint density at radius 2 is 1.74 bits per heavy atom. The Balaban J connectivity index is 0.00000364. The number of hydrogen-bond donors (Lipinski definition) is 3. The van der Waals surface area contributed by atoms with Crippen molar-refractivity contribution in [3.8, 4) is 0 Å². The lowest BCUT2D eigenvalue weighted by atomic mass is 9.95. The van der Waals surface area contributed by atoms with Gasteiger partial charge in [-0.2, -0.15) is 0 Å². The summed E-state index contributed by atoms with van der Waals surface area (Å²) in [4.78, 5) is 38.1. The van der Waals surface area contributed by atoms with Crippen LogP contribution < -0.4 is 16.4 Å². The van der Waals surface area contributed by atoms with Crippen LogP contribution in [0.3, 0.4) is 0 Å². The third kappa shape index (κ3) is 6.84. The van der Waals surface area contributed by atoms with Crippen LogP contribution >= 0.6 is 12.4 Å². The molecule has 0 bridgehead atoms. The summed E-state index contributed by atoms with van der Waals surface area (Å²) in [5, 5.41) is 5.50. The van der Waals surface area contributed by atoms with E-state index < -0.39 is 6.04 Å². The zero-order valence-corrected chi connectivity index (χ0v) is 16.6. The van der Waals surface area contributed by atoms with Gasteiger partial charge in [0.25, 0.3) is 0 Å². The van der Waals surface area contributed by atoms with Gasteiger partial charge in [-0.25, -0.2) is 0 Å². The van der Waals surface area contributed by atoms with Gasteiger partial charge in [-0.3, -0.25) is 14.4 Å². The van der Waals surface area contributed by atoms with Crippen molar-refractivity contribution in [1.29, 1.82) is 0 Å². The molecule has 0 aliphatic carbocycles. The molecule has 1 atom stereocenters. The van der Waals surface area contributed by atoms with Gasteiger partial charge in [0, 0.05) is 24.7 Å². The number of rotatable bonds is 6. The highest BCUT2D eigenvalue weighted by Gasteiger charge is 2.27. The first kappa shape index (κ1) is 22.9. The van der Waals surface area contributed by atoms with Gasteiger partial charge in [-0.15, -0.1) is 12.4 Å². The smallest absolute Gasteiger partial charge is 0.241 e. The SMILES string of the molecule is CC(C)[C@H](N)C(=O)NCC(=O)N1CCC(C(=O)Nc2ccccc2)CC1.Cl. The number of nitrogens with one attached hydrogen (secondary N) is 2. The molecule has 2 rings (SSSR count). The molecule has 150 valence electrons. The molecule has 1 aliphatic rings. The molecule has 4 N–H and O–H groups in total. The molecule has 3 amide bonds. The van der Waals surface area contributed by atoms with Crippen molar-refractivity contribution < 1.29 is 14.4 Å². The van der Waals surface area contributed by atoms with Crippen molar-refractivity contribution in [1.82, 2.24) is 10.2 Å². The molecule has 1 heterocycles. The molecule has 8 heteroatoms. The fraction of sp³-hybridized carbons (Fsp3) is 0.526. The first-order valence-electron chi connectivity index (χ1n) is 9.05. The normalized spacial score (nSPS) is 15.6. The van der Waals surface area contributed by atoms with Crippen molar-refractivity contribution in [3.05, 3.63) is 30.3 Å². The Hall–Kier alpha value is -2.12. The van der Waals surface area contributed by atoms with Crippen LogP contribution in [0.4, 0.5) is 5.69 Å². The second-order valence-corrected chi connectivity index (χ2v) is 7.00. The van der Waals surface area contributed by atoms with Gasteiger partial charge < -0.3 is 21.3 Å². The number of likely N-dealkylation sites (tertiary alicyclic amines) is 1. The average Bonchev–Trinajstić information content (AvgIpc) is 2.66. The van der Waals surface area contributed by atoms with Crippen LogP contribution in [0.1, 0.15) is 26.7 Å². The second-order valence-electron chi connectivity index (χ2n) is 7.00. The lowest BCUT2D eigenvalue weighted by Gasteiger charge is -2.31. The highest BCUT2D eigenvalue weighted by Crippen LogP contribution is 2.19. The molecule has 0 unspecified atom stereocenters. The Morgan fingerprint density at radius 3 is 2.30 bits per heavy atom. The summed E-state index contributed by atoms with van der Waals surface area (Å²) in [6, 6.07) is 8.72. The lowest BCUT2D eigenvalue weighted by molar-refractivity contribution is -0.135. The fourth-order valence-corrected chi connectivity index (χ4v) is 2.85. The molecule has 0 aromatic heterocycles. The van der Waals surface area contributed by atoms with E-state index in [1.165, 1.54) is 0 Å². The van der Waals surface area contributed by atoms with Crippen molar-refractivity contribution in [3.63, 3.8) is 0 Å². The van der Waals surface area contributed by atoms with Gasteiger partial charge in [0.05, 0.1) is 12.6 Å². The molecular formula is C19H29ClN4O3. The average molecular weight is 397 g/mol. The number of benzene rings is 1. The van der Waals surface area contributed by atoms with Crippen LogP contribution in [-0.4, -0.2) is 48.3 Å². The van der Waals surface area contributed by atoms with E-state index in [0.29, 0.717) is 25.9 Å². The Labute approximate surface area is 166 Å². The molecule has 1 aromatic rings. The van der Waals surface area contributed by atoms with Crippen LogP contribution in [0.15, 0.2) is 30.3 Å². The number of nitrogens with two attached hydrogens (primary N) is 1. The number of halogens is 1. The van der Waals surface area contributed by atoms with Gasteiger partial charge in [0.15, 0.2) is 0 Å². The predicted octanol–water partition coefficient (Wildman–Crippen LogP) is 1.38. The highest BCUT2D eigenvalue weighted by atomic mass is 35.5. The van der Waals surface area contributed by atoms with Crippen LogP contribution in [0.2, 0.25) is 0 Å². The quantitative estimate of drug-likeness (QED) is 0.675. The lowest BCUT2D eigenvalue weighted by Crippen LogP contribution is -2.49. The van der Waals surface area contributed by atoms with Gasteiger partial charge in [0.2, 0.25) is 17.7 Å². The van der Waals surface area contributed by atoms with E-state index in [9.17, 15) is 14.4 Å². The number of piperidine rings is 1. The number of hydrogen-bond acceptors (Lipinski definition) is 4. The predicted molar refractivity (Wildman–Crippen MR) is 107 cm³/mol. The summed E-state index contributed by atoms with van der Waals surface area (Å²) >= 11 is 0. The van der Waals surface area contributed by atoms with Crippen LogP contribution in [0.25, 0.3) is 0 Å². The summed E-state index contributed by atoms with van der Waals surface area (Å²) in [6.07, 6.45) is 1.23. The number of anilines is 1. The number of nitrogens with zero attached hydrogens (tertiary/aromatic N) is 1. The maximum absolute atomic E-state index is 12.3. The Kier molecular flexibility index (Phi) is 9.25. The van der Waals surface area contributed by atoms with Crippen LogP contribution in [-0.2, 0) is 14.4 Å². The minimum Gasteiger partial charge on any atom is -0.346 e. The molecule has 0 spiro atoms. The van der Waals surface area contributed by atoms with Crippen molar-refractivity contribution in [2.75, 3.05) is 25.0 Å². The third-order valence-corrected chi connectivity index (χ3v) is 4.69. The number of carbonyl (C=O) groups is 3. The van der Waals surface area contributed by atoms with Crippen LogP contribution in [0.5, 0.6) is 0 Å². The number of carbonyl (C=O) groups excluding carboxylic acids is 3. The molecule has 1 saturated heterocycles. The standard InChI is InChI=1S/C19H28N4O3.ClH/c1-13(2)17(20)19(26)21-12-16(24)23-10-8-14(9-11-23)18(25)22-15-6-4-3-5-7-15;/h3-7,13-14,17H,8-12,20H2,1-2H3,(H,21,26)(H,22,25);1H/t17-;/m0./s1. The maximum Gasteiger partial charge on any atom is 0.241 e. The van der Waals surface area contributed by atoms with E-state index in [-0.39, 0.29) is 48.5 Å². The minimum absolute atomic E-state index is 0. The van der Waals surface area contributed by atoms with E-state index in [0.717, 1.165) is 5.69 Å². The third-order valence-electron chi connectivity index (χ3n) is 4.69. The zero-order chi connectivity index (χ0) is 19.1. The molecule has 0 saturated carbocycles. The summed E-state index contributed by atoms with van der Waals surface area (Å²) in [5.74, 6) is -0.562. The number of para-hydroxylation sites is 1. The Bertz CT molecular complexity index is 631. The van der Waals surface area contributed by atoms with Gasteiger partial charge in [0.1, 0.15) is 0 Å². The zero-order valence-electron chi connectivity index (χ0n) is 15.8. The van der Waals surface area contributed by atoms with E-state index >= 15 is 0 Å².